The molecule has 0 fully saturated rings. The fraction of sp³-hybridized carbons (Fsp3) is 0.111. The standard InChI is InChI=1S/C9H11Br2N5/c1-4-2-3-5(7(11)6(4)10)15-9(14)16-8(12)13/h2-3H,1H3,(H6,12,13,14,15,16). The van der Waals surface area contributed by atoms with Crippen LogP contribution in [0.3, 0.4) is 0 Å². The molecule has 0 spiro atoms. The van der Waals surface area contributed by atoms with Gasteiger partial charge in [-0.3, -0.25) is 0 Å². The Morgan fingerprint density at radius 3 is 2.31 bits per heavy atom. The van der Waals surface area contributed by atoms with E-state index in [1.807, 2.05) is 19.1 Å². The molecular weight excluding hydrogens is 338 g/mol. The van der Waals surface area contributed by atoms with E-state index in [4.69, 9.17) is 17.2 Å². The molecule has 1 aromatic carbocycles. The van der Waals surface area contributed by atoms with Gasteiger partial charge in [0, 0.05) is 4.47 Å². The van der Waals surface area contributed by atoms with E-state index < -0.39 is 0 Å². The van der Waals surface area contributed by atoms with Crippen molar-refractivity contribution in [2.45, 2.75) is 6.92 Å². The van der Waals surface area contributed by atoms with Crippen molar-refractivity contribution in [1.82, 2.24) is 0 Å². The topological polar surface area (TPSA) is 103 Å². The average molecular weight is 349 g/mol. The van der Waals surface area contributed by atoms with Crippen LogP contribution in [-0.2, 0) is 0 Å². The minimum Gasteiger partial charge on any atom is -0.370 e. The van der Waals surface area contributed by atoms with Crippen LogP contribution in [0.2, 0.25) is 0 Å². The van der Waals surface area contributed by atoms with Crippen molar-refractivity contribution in [2.75, 3.05) is 0 Å². The molecule has 0 saturated heterocycles. The van der Waals surface area contributed by atoms with Gasteiger partial charge < -0.3 is 17.2 Å². The van der Waals surface area contributed by atoms with Gasteiger partial charge in [0.1, 0.15) is 0 Å². The Bertz CT molecular complexity index is 463. The van der Waals surface area contributed by atoms with Gasteiger partial charge in [0.25, 0.3) is 0 Å². The number of halogens is 2. The van der Waals surface area contributed by atoms with Crippen LogP contribution in [-0.4, -0.2) is 11.9 Å². The highest BCUT2D eigenvalue weighted by Gasteiger charge is 2.06. The molecule has 0 aliphatic rings. The molecular formula is C9H11Br2N5. The van der Waals surface area contributed by atoms with E-state index in [2.05, 4.69) is 41.8 Å². The van der Waals surface area contributed by atoms with E-state index in [1.165, 1.54) is 0 Å². The van der Waals surface area contributed by atoms with E-state index in [9.17, 15) is 0 Å². The van der Waals surface area contributed by atoms with Crippen molar-refractivity contribution < 1.29 is 0 Å². The summed E-state index contributed by atoms with van der Waals surface area (Å²) >= 11 is 6.83. The first-order valence-corrected chi connectivity index (χ1v) is 5.89. The highest BCUT2D eigenvalue weighted by molar-refractivity contribution is 9.13. The maximum Gasteiger partial charge on any atom is 0.223 e. The third-order valence-corrected chi connectivity index (χ3v) is 4.09. The van der Waals surface area contributed by atoms with Crippen molar-refractivity contribution in [3.63, 3.8) is 0 Å². The molecule has 5 nitrogen and oxygen atoms in total. The fourth-order valence-corrected chi connectivity index (χ4v) is 1.87. The van der Waals surface area contributed by atoms with Crippen LogP contribution in [0.4, 0.5) is 5.69 Å². The molecule has 0 aliphatic heterocycles. The smallest absolute Gasteiger partial charge is 0.223 e. The SMILES string of the molecule is Cc1ccc(N=C(N)N=C(N)N)c(Br)c1Br. The Morgan fingerprint density at radius 1 is 1.12 bits per heavy atom. The first-order valence-electron chi connectivity index (χ1n) is 4.30. The van der Waals surface area contributed by atoms with Crippen molar-refractivity contribution in [3.8, 4) is 0 Å². The average Bonchev–Trinajstić information content (AvgIpc) is 2.18. The molecule has 0 saturated carbocycles. The summed E-state index contributed by atoms with van der Waals surface area (Å²) in [7, 11) is 0. The number of aryl methyl sites for hydroxylation is 1. The van der Waals surface area contributed by atoms with Crippen molar-refractivity contribution in [1.29, 1.82) is 0 Å². The Kier molecular flexibility index (Phi) is 4.31. The second-order valence-electron chi connectivity index (χ2n) is 3.04. The van der Waals surface area contributed by atoms with Gasteiger partial charge in [0.05, 0.1) is 10.2 Å². The Hall–Kier alpha value is -1.08. The van der Waals surface area contributed by atoms with Crippen LogP contribution in [0.15, 0.2) is 31.1 Å². The van der Waals surface area contributed by atoms with Gasteiger partial charge in [-0.1, -0.05) is 6.07 Å². The first-order chi connectivity index (χ1) is 7.41. The van der Waals surface area contributed by atoms with Gasteiger partial charge in [-0.25, -0.2) is 4.99 Å². The molecule has 0 atom stereocenters. The summed E-state index contributed by atoms with van der Waals surface area (Å²) in [6.45, 7) is 1.97. The first kappa shape index (κ1) is 13.0. The van der Waals surface area contributed by atoms with Gasteiger partial charge >= 0.3 is 0 Å². The molecule has 1 rings (SSSR count). The minimum atomic E-state index is -0.122. The van der Waals surface area contributed by atoms with Crippen LogP contribution in [0.1, 0.15) is 5.56 Å². The molecule has 16 heavy (non-hydrogen) atoms. The highest BCUT2D eigenvalue weighted by atomic mass is 79.9. The Balaban J connectivity index is 3.17. The summed E-state index contributed by atoms with van der Waals surface area (Å²) in [6, 6.07) is 3.73. The minimum absolute atomic E-state index is 0.0106. The number of aliphatic imine (C=N–C) groups is 2. The molecule has 7 heteroatoms. The summed E-state index contributed by atoms with van der Waals surface area (Å²) in [6.07, 6.45) is 0. The molecule has 0 aromatic heterocycles. The molecule has 0 aliphatic carbocycles. The summed E-state index contributed by atoms with van der Waals surface area (Å²) < 4.78 is 1.73. The van der Waals surface area contributed by atoms with E-state index in [0.29, 0.717) is 5.69 Å². The molecule has 0 bridgehead atoms. The van der Waals surface area contributed by atoms with Crippen LogP contribution < -0.4 is 17.2 Å². The third-order valence-electron chi connectivity index (χ3n) is 1.73. The van der Waals surface area contributed by atoms with Crippen LogP contribution in [0.5, 0.6) is 0 Å². The zero-order valence-electron chi connectivity index (χ0n) is 8.54. The van der Waals surface area contributed by atoms with Gasteiger partial charge in [-0.05, 0) is 50.4 Å². The Morgan fingerprint density at radius 2 is 1.75 bits per heavy atom. The molecule has 6 N–H and O–H groups in total. The predicted octanol–water partition coefficient (Wildman–Crippen LogP) is 1.74. The second-order valence-corrected chi connectivity index (χ2v) is 4.62. The highest BCUT2D eigenvalue weighted by Crippen LogP contribution is 2.34. The fourth-order valence-electron chi connectivity index (χ4n) is 1.00. The van der Waals surface area contributed by atoms with Crippen molar-refractivity contribution in [3.05, 3.63) is 26.6 Å². The molecule has 0 heterocycles. The monoisotopic (exact) mass is 347 g/mol. The number of benzene rings is 1. The normalized spacial score (nSPS) is 11.3. The van der Waals surface area contributed by atoms with E-state index in [0.717, 1.165) is 14.5 Å². The zero-order valence-corrected chi connectivity index (χ0v) is 11.7. The summed E-state index contributed by atoms with van der Waals surface area (Å²) in [5, 5.41) is 0. The van der Waals surface area contributed by atoms with E-state index in [-0.39, 0.29) is 11.9 Å². The number of hydrogen-bond donors (Lipinski definition) is 3. The zero-order chi connectivity index (χ0) is 12.3. The lowest BCUT2D eigenvalue weighted by Crippen LogP contribution is -2.26. The lowest BCUT2D eigenvalue weighted by molar-refractivity contribution is 1.34. The molecule has 0 unspecified atom stereocenters. The number of rotatable bonds is 1. The number of hydrogen-bond acceptors (Lipinski definition) is 1. The van der Waals surface area contributed by atoms with Crippen molar-refractivity contribution in [2.24, 2.45) is 27.2 Å². The second kappa shape index (κ2) is 5.31. The van der Waals surface area contributed by atoms with E-state index in [1.54, 1.807) is 0 Å². The number of nitrogens with zero attached hydrogens (tertiary/aromatic N) is 2. The molecule has 1 aromatic rings. The maximum absolute atomic E-state index is 5.53. The van der Waals surface area contributed by atoms with Gasteiger partial charge in [0.2, 0.25) is 5.96 Å². The van der Waals surface area contributed by atoms with Crippen LogP contribution >= 0.6 is 31.9 Å². The van der Waals surface area contributed by atoms with Gasteiger partial charge in [0.15, 0.2) is 5.96 Å². The quantitative estimate of drug-likeness (QED) is 0.532. The summed E-state index contributed by atoms with van der Waals surface area (Å²) in [4.78, 5) is 7.70. The lowest BCUT2D eigenvalue weighted by Gasteiger charge is -2.04. The lowest BCUT2D eigenvalue weighted by atomic mass is 10.2. The predicted molar refractivity (Wildman–Crippen MR) is 73.7 cm³/mol. The Labute approximate surface area is 110 Å². The number of nitrogens with two attached hydrogens (primary N) is 3. The largest absolute Gasteiger partial charge is 0.370 e. The van der Waals surface area contributed by atoms with Crippen molar-refractivity contribution >= 4 is 49.5 Å². The van der Waals surface area contributed by atoms with Gasteiger partial charge in [-0.2, -0.15) is 4.99 Å². The third kappa shape index (κ3) is 3.21. The maximum atomic E-state index is 5.53. The van der Waals surface area contributed by atoms with E-state index >= 15 is 0 Å². The van der Waals surface area contributed by atoms with Crippen LogP contribution in [0, 0.1) is 6.92 Å². The van der Waals surface area contributed by atoms with Gasteiger partial charge in [-0.15, -0.1) is 0 Å². The molecule has 86 valence electrons. The van der Waals surface area contributed by atoms with Crippen LogP contribution in [0.25, 0.3) is 0 Å². The molecule has 0 radical (unpaired) electrons. The summed E-state index contributed by atoms with van der Waals surface area (Å²) in [5.74, 6) is -0.111. The summed E-state index contributed by atoms with van der Waals surface area (Å²) in [5.41, 5.74) is 17.6. The number of guanidine groups is 2. The molecule has 0 amide bonds.